The Kier molecular flexibility index (Phi) is 6.24. The largest absolute Gasteiger partial charge is 0.484 e. The molecule has 2 fully saturated rings. The number of nitrogens with one attached hydrogen (secondary N) is 1. The molecule has 0 spiro atoms. The smallest absolute Gasteiger partial charge is 0.258 e. The number of amides is 1. The lowest BCUT2D eigenvalue weighted by molar-refractivity contribution is -0.123. The Hall–Kier alpha value is -2.67. The average molecular weight is 396 g/mol. The third kappa shape index (κ3) is 5.03. The van der Waals surface area contributed by atoms with Gasteiger partial charge in [0, 0.05) is 50.2 Å². The second-order valence-electron chi connectivity index (χ2n) is 7.72. The molecular weight excluding hydrogens is 368 g/mol. The van der Waals surface area contributed by atoms with Crippen molar-refractivity contribution in [3.63, 3.8) is 0 Å². The number of aromatic nitrogens is 2. The van der Waals surface area contributed by atoms with Crippen LogP contribution >= 0.6 is 0 Å². The lowest BCUT2D eigenvalue weighted by Crippen LogP contribution is -2.40. The van der Waals surface area contributed by atoms with Crippen molar-refractivity contribution in [2.45, 2.75) is 38.1 Å². The van der Waals surface area contributed by atoms with Crippen LogP contribution in [0.1, 0.15) is 36.4 Å². The van der Waals surface area contributed by atoms with Crippen molar-refractivity contribution in [1.82, 2.24) is 15.3 Å². The van der Waals surface area contributed by atoms with Gasteiger partial charge in [-0.1, -0.05) is 18.2 Å². The molecular formula is C22H28N4O3. The molecule has 3 heterocycles. The standard InChI is InChI=1S/C22H28N4O3/c1-16-4-2-3-5-20(16)29-15-21(27)24-18-7-11-26(14-18)22-23-10-6-19(25-22)17-8-12-28-13-9-17/h2-6,10,17-18H,7-9,11-15H2,1H3,(H,24,27). The zero-order valence-electron chi connectivity index (χ0n) is 16.8. The predicted molar refractivity (Wildman–Crippen MR) is 110 cm³/mol. The number of aryl methyl sites for hydroxylation is 1. The van der Waals surface area contributed by atoms with Crippen LogP contribution in [0.3, 0.4) is 0 Å². The Morgan fingerprint density at radius 3 is 2.90 bits per heavy atom. The van der Waals surface area contributed by atoms with E-state index in [0.717, 1.165) is 62.0 Å². The maximum absolute atomic E-state index is 12.3. The van der Waals surface area contributed by atoms with Crippen molar-refractivity contribution >= 4 is 11.9 Å². The van der Waals surface area contributed by atoms with E-state index in [-0.39, 0.29) is 18.6 Å². The van der Waals surface area contributed by atoms with Gasteiger partial charge in [-0.3, -0.25) is 4.79 Å². The van der Waals surface area contributed by atoms with Gasteiger partial charge in [-0.05, 0) is 43.9 Å². The van der Waals surface area contributed by atoms with Gasteiger partial charge in [-0.2, -0.15) is 0 Å². The van der Waals surface area contributed by atoms with Crippen LogP contribution in [-0.4, -0.2) is 54.8 Å². The number of hydrogen-bond donors (Lipinski definition) is 1. The topological polar surface area (TPSA) is 76.6 Å². The Morgan fingerprint density at radius 1 is 1.24 bits per heavy atom. The number of para-hydroxylation sites is 1. The van der Waals surface area contributed by atoms with Gasteiger partial charge >= 0.3 is 0 Å². The van der Waals surface area contributed by atoms with E-state index in [1.54, 1.807) is 0 Å². The van der Waals surface area contributed by atoms with Crippen LogP contribution in [0.4, 0.5) is 5.95 Å². The second kappa shape index (κ2) is 9.22. The van der Waals surface area contributed by atoms with Gasteiger partial charge in [0.25, 0.3) is 5.91 Å². The molecule has 7 heteroatoms. The quantitative estimate of drug-likeness (QED) is 0.808. The number of rotatable bonds is 6. The van der Waals surface area contributed by atoms with E-state index in [4.69, 9.17) is 14.5 Å². The summed E-state index contributed by atoms with van der Waals surface area (Å²) in [4.78, 5) is 23.7. The molecule has 1 unspecified atom stereocenters. The number of anilines is 1. The zero-order chi connectivity index (χ0) is 20.1. The molecule has 2 aliphatic heterocycles. The first-order chi connectivity index (χ1) is 14.2. The van der Waals surface area contributed by atoms with Gasteiger partial charge in [-0.25, -0.2) is 9.97 Å². The van der Waals surface area contributed by atoms with Gasteiger partial charge < -0.3 is 19.7 Å². The molecule has 1 N–H and O–H groups in total. The van der Waals surface area contributed by atoms with Crippen molar-refractivity contribution < 1.29 is 14.3 Å². The van der Waals surface area contributed by atoms with Crippen molar-refractivity contribution in [3.8, 4) is 5.75 Å². The van der Waals surface area contributed by atoms with Crippen LogP contribution in [0.15, 0.2) is 36.5 Å². The van der Waals surface area contributed by atoms with Crippen molar-refractivity contribution in [1.29, 1.82) is 0 Å². The first-order valence-corrected chi connectivity index (χ1v) is 10.3. The SMILES string of the molecule is Cc1ccccc1OCC(=O)NC1CCN(c2nccc(C3CCOCC3)n2)C1. The van der Waals surface area contributed by atoms with Crippen LogP contribution in [0.25, 0.3) is 0 Å². The number of nitrogens with zero attached hydrogens (tertiary/aromatic N) is 3. The normalized spacial score (nSPS) is 19.9. The minimum absolute atomic E-state index is 0.0249. The fourth-order valence-corrected chi connectivity index (χ4v) is 3.93. The third-order valence-corrected chi connectivity index (χ3v) is 5.59. The summed E-state index contributed by atoms with van der Waals surface area (Å²) in [5.74, 6) is 1.84. The predicted octanol–water partition coefficient (Wildman–Crippen LogP) is 2.45. The van der Waals surface area contributed by atoms with E-state index in [9.17, 15) is 4.79 Å². The summed E-state index contributed by atoms with van der Waals surface area (Å²) in [5, 5.41) is 3.07. The zero-order valence-corrected chi connectivity index (χ0v) is 16.8. The number of ether oxygens (including phenoxy) is 2. The molecule has 0 radical (unpaired) electrons. The van der Waals surface area contributed by atoms with E-state index in [1.165, 1.54) is 0 Å². The molecule has 0 aliphatic carbocycles. The number of benzene rings is 1. The molecule has 154 valence electrons. The maximum atomic E-state index is 12.3. The summed E-state index contributed by atoms with van der Waals surface area (Å²) in [6.07, 6.45) is 4.74. The molecule has 4 rings (SSSR count). The van der Waals surface area contributed by atoms with E-state index in [0.29, 0.717) is 12.5 Å². The van der Waals surface area contributed by atoms with Crippen LogP contribution in [-0.2, 0) is 9.53 Å². The highest BCUT2D eigenvalue weighted by Crippen LogP contribution is 2.26. The van der Waals surface area contributed by atoms with E-state index >= 15 is 0 Å². The highest BCUT2D eigenvalue weighted by Gasteiger charge is 2.27. The summed E-state index contributed by atoms with van der Waals surface area (Å²) in [7, 11) is 0. The molecule has 1 aromatic carbocycles. The summed E-state index contributed by atoms with van der Waals surface area (Å²) < 4.78 is 11.1. The summed E-state index contributed by atoms with van der Waals surface area (Å²) >= 11 is 0. The van der Waals surface area contributed by atoms with Crippen molar-refractivity contribution in [2.24, 2.45) is 0 Å². The first kappa shape index (κ1) is 19.6. The summed E-state index contributed by atoms with van der Waals surface area (Å²) in [6.45, 7) is 5.14. The molecule has 7 nitrogen and oxygen atoms in total. The molecule has 1 atom stereocenters. The highest BCUT2D eigenvalue weighted by atomic mass is 16.5. The van der Waals surface area contributed by atoms with E-state index in [2.05, 4.69) is 15.2 Å². The summed E-state index contributed by atoms with van der Waals surface area (Å²) in [6, 6.07) is 9.80. The van der Waals surface area contributed by atoms with Crippen LogP contribution < -0.4 is 15.0 Å². The number of carbonyl (C=O) groups excluding carboxylic acids is 1. The minimum atomic E-state index is -0.100. The van der Waals surface area contributed by atoms with Crippen LogP contribution in [0.5, 0.6) is 5.75 Å². The lowest BCUT2D eigenvalue weighted by atomic mass is 9.96. The lowest BCUT2D eigenvalue weighted by Gasteiger charge is -2.23. The summed E-state index contributed by atoms with van der Waals surface area (Å²) in [5.41, 5.74) is 2.12. The maximum Gasteiger partial charge on any atom is 0.258 e. The molecule has 0 bridgehead atoms. The molecule has 1 amide bonds. The minimum Gasteiger partial charge on any atom is -0.484 e. The molecule has 0 saturated carbocycles. The number of carbonyl (C=O) groups is 1. The van der Waals surface area contributed by atoms with Gasteiger partial charge in [0.05, 0.1) is 0 Å². The van der Waals surface area contributed by atoms with Crippen molar-refractivity contribution in [2.75, 3.05) is 37.8 Å². The highest BCUT2D eigenvalue weighted by molar-refractivity contribution is 5.78. The molecule has 2 aromatic rings. The van der Waals surface area contributed by atoms with Gasteiger partial charge in [0.1, 0.15) is 5.75 Å². The Labute approximate surface area is 171 Å². The Bertz CT molecular complexity index is 838. The average Bonchev–Trinajstić information content (AvgIpc) is 3.22. The molecule has 2 saturated heterocycles. The first-order valence-electron chi connectivity index (χ1n) is 10.3. The third-order valence-electron chi connectivity index (χ3n) is 5.59. The second-order valence-corrected chi connectivity index (χ2v) is 7.72. The van der Waals surface area contributed by atoms with E-state index in [1.807, 2.05) is 43.5 Å². The van der Waals surface area contributed by atoms with Crippen LogP contribution in [0.2, 0.25) is 0 Å². The number of hydrogen-bond acceptors (Lipinski definition) is 6. The van der Waals surface area contributed by atoms with E-state index < -0.39 is 0 Å². The fourth-order valence-electron chi connectivity index (χ4n) is 3.93. The van der Waals surface area contributed by atoms with Crippen LogP contribution in [0, 0.1) is 6.92 Å². The molecule has 1 aromatic heterocycles. The fraction of sp³-hybridized carbons (Fsp3) is 0.500. The van der Waals surface area contributed by atoms with Gasteiger partial charge in [-0.15, -0.1) is 0 Å². The Morgan fingerprint density at radius 2 is 2.07 bits per heavy atom. The van der Waals surface area contributed by atoms with Gasteiger partial charge in [0.2, 0.25) is 5.95 Å². The van der Waals surface area contributed by atoms with Crippen molar-refractivity contribution in [3.05, 3.63) is 47.8 Å². The van der Waals surface area contributed by atoms with Gasteiger partial charge in [0.15, 0.2) is 6.61 Å². The monoisotopic (exact) mass is 396 g/mol. The molecule has 29 heavy (non-hydrogen) atoms. The Balaban J connectivity index is 1.29. The molecule has 2 aliphatic rings.